The van der Waals surface area contributed by atoms with Crippen LogP contribution in [0.2, 0.25) is 5.02 Å². The number of benzene rings is 1. The molecular weight excluding hydrogens is 454 g/mol. The highest BCUT2D eigenvalue weighted by Crippen LogP contribution is 2.36. The molecule has 184 valence electrons. The summed E-state index contributed by atoms with van der Waals surface area (Å²) in [4.78, 5) is 33.9. The Morgan fingerprint density at radius 1 is 1.29 bits per heavy atom. The van der Waals surface area contributed by atoms with E-state index in [9.17, 15) is 9.59 Å². The van der Waals surface area contributed by atoms with Crippen LogP contribution in [-0.4, -0.2) is 60.4 Å². The fourth-order valence-corrected chi connectivity index (χ4v) is 4.33. The molecule has 9 heteroatoms. The van der Waals surface area contributed by atoms with Gasteiger partial charge in [-0.05, 0) is 68.6 Å². The summed E-state index contributed by atoms with van der Waals surface area (Å²) in [6.45, 7) is 5.83. The molecule has 2 aromatic rings. The van der Waals surface area contributed by atoms with Gasteiger partial charge in [0, 0.05) is 13.1 Å². The van der Waals surface area contributed by atoms with Crippen LogP contribution in [0.15, 0.2) is 30.5 Å². The van der Waals surface area contributed by atoms with E-state index < -0.39 is 11.8 Å². The molecule has 0 radical (unpaired) electrons. The molecule has 0 bridgehead atoms. The second kappa shape index (κ2) is 11.5. The Morgan fingerprint density at radius 3 is 2.74 bits per heavy atom. The van der Waals surface area contributed by atoms with Crippen LogP contribution in [0.1, 0.15) is 43.9 Å². The largest absolute Gasteiger partial charge is 0.491 e. The van der Waals surface area contributed by atoms with Crippen LogP contribution >= 0.6 is 11.6 Å². The maximum absolute atomic E-state index is 13.2. The van der Waals surface area contributed by atoms with Crippen molar-refractivity contribution in [2.45, 2.75) is 39.2 Å². The van der Waals surface area contributed by atoms with Crippen LogP contribution in [0.25, 0.3) is 0 Å². The van der Waals surface area contributed by atoms with Crippen LogP contribution in [0.5, 0.6) is 5.75 Å². The van der Waals surface area contributed by atoms with Gasteiger partial charge >= 0.3 is 11.8 Å². The molecule has 2 amide bonds. The van der Waals surface area contributed by atoms with Crippen molar-refractivity contribution in [1.82, 2.24) is 14.8 Å². The summed E-state index contributed by atoms with van der Waals surface area (Å²) >= 11 is 6.49. The van der Waals surface area contributed by atoms with Crippen molar-refractivity contribution in [3.63, 3.8) is 0 Å². The number of aryl methyl sites for hydroxylation is 1. The molecule has 2 atom stereocenters. The number of nitrogen functional groups attached to an aromatic ring is 1. The summed E-state index contributed by atoms with van der Waals surface area (Å²) in [5.74, 6) is 0.0516. The van der Waals surface area contributed by atoms with Crippen molar-refractivity contribution in [3.05, 3.63) is 46.6 Å². The van der Waals surface area contributed by atoms with Crippen molar-refractivity contribution in [3.8, 4) is 5.75 Å². The van der Waals surface area contributed by atoms with Gasteiger partial charge in [0.2, 0.25) is 0 Å². The number of rotatable bonds is 7. The van der Waals surface area contributed by atoms with Gasteiger partial charge in [0.15, 0.2) is 0 Å². The number of likely N-dealkylation sites (tertiary alicyclic amines) is 1. The number of hydrogen-bond acceptors (Lipinski definition) is 6. The van der Waals surface area contributed by atoms with Crippen molar-refractivity contribution in [1.29, 1.82) is 0 Å². The number of piperidine rings is 1. The summed E-state index contributed by atoms with van der Waals surface area (Å²) in [5.41, 5.74) is 8.01. The monoisotopic (exact) mass is 487 g/mol. The topological polar surface area (TPSA) is 101 Å². The number of carbonyl (C=O) groups excluding carboxylic acids is 2. The van der Waals surface area contributed by atoms with Crippen molar-refractivity contribution in [2.75, 3.05) is 44.8 Å². The molecule has 3 rings (SSSR count). The highest BCUT2D eigenvalue weighted by atomic mass is 35.5. The number of nitrogens with zero attached hydrogens (tertiary/aromatic N) is 3. The first kappa shape index (κ1) is 25.8. The first-order chi connectivity index (χ1) is 16.2. The van der Waals surface area contributed by atoms with E-state index in [0.29, 0.717) is 47.8 Å². The SMILES string of the molecule is CCc1cc(NC(=O)C(=O)N2C[C@@H](C)CC[C@@H]2c2ccc(OCCN(C)C)c(Cl)c2)cnc1N. The van der Waals surface area contributed by atoms with E-state index in [0.717, 1.165) is 30.5 Å². The Bertz CT molecular complexity index is 1030. The van der Waals surface area contributed by atoms with Crippen molar-refractivity contribution < 1.29 is 14.3 Å². The summed E-state index contributed by atoms with van der Waals surface area (Å²) < 4.78 is 5.78. The first-order valence-electron chi connectivity index (χ1n) is 11.6. The lowest BCUT2D eigenvalue weighted by Crippen LogP contribution is -2.46. The van der Waals surface area contributed by atoms with E-state index in [1.165, 1.54) is 6.20 Å². The maximum atomic E-state index is 13.2. The summed E-state index contributed by atoms with van der Waals surface area (Å²) in [6.07, 6.45) is 3.85. The van der Waals surface area contributed by atoms with Crippen LogP contribution in [0.4, 0.5) is 11.5 Å². The Morgan fingerprint density at radius 2 is 2.06 bits per heavy atom. The van der Waals surface area contributed by atoms with Crippen LogP contribution in [-0.2, 0) is 16.0 Å². The highest BCUT2D eigenvalue weighted by Gasteiger charge is 2.34. The van der Waals surface area contributed by atoms with Gasteiger partial charge in [-0.3, -0.25) is 9.59 Å². The van der Waals surface area contributed by atoms with Crippen LogP contribution in [0, 0.1) is 5.92 Å². The summed E-state index contributed by atoms with van der Waals surface area (Å²) in [5, 5.41) is 3.17. The number of nitrogens with one attached hydrogen (secondary N) is 1. The third-order valence-electron chi connectivity index (χ3n) is 6.05. The molecule has 0 aliphatic carbocycles. The van der Waals surface area contributed by atoms with E-state index in [4.69, 9.17) is 22.1 Å². The first-order valence-corrected chi connectivity index (χ1v) is 12.0. The van der Waals surface area contributed by atoms with E-state index in [1.807, 2.05) is 44.1 Å². The van der Waals surface area contributed by atoms with Gasteiger partial charge < -0.3 is 25.6 Å². The van der Waals surface area contributed by atoms with Crippen LogP contribution in [0.3, 0.4) is 0 Å². The number of hydrogen-bond donors (Lipinski definition) is 2. The second-order valence-electron chi connectivity index (χ2n) is 9.07. The predicted molar refractivity (Wildman–Crippen MR) is 135 cm³/mol. The van der Waals surface area contributed by atoms with Gasteiger partial charge in [-0.15, -0.1) is 0 Å². The Labute approximate surface area is 206 Å². The quantitative estimate of drug-likeness (QED) is 0.577. The van der Waals surface area contributed by atoms with Crippen molar-refractivity contribution in [2.24, 2.45) is 5.92 Å². The molecule has 1 saturated heterocycles. The average molecular weight is 488 g/mol. The number of aromatic nitrogens is 1. The van der Waals surface area contributed by atoms with E-state index >= 15 is 0 Å². The van der Waals surface area contributed by atoms with E-state index in [-0.39, 0.29) is 6.04 Å². The predicted octanol–water partition coefficient (Wildman–Crippen LogP) is 3.76. The Kier molecular flexibility index (Phi) is 8.74. The molecule has 1 aromatic heterocycles. The number of anilines is 2. The molecule has 1 aliphatic heterocycles. The molecule has 1 aliphatic rings. The fraction of sp³-hybridized carbons (Fsp3) is 0.480. The second-order valence-corrected chi connectivity index (χ2v) is 9.48. The molecular formula is C25H34ClN5O3. The molecule has 0 spiro atoms. The zero-order chi connectivity index (χ0) is 24.8. The summed E-state index contributed by atoms with van der Waals surface area (Å²) in [6, 6.07) is 7.10. The normalized spacial score (nSPS) is 18.1. The highest BCUT2D eigenvalue weighted by molar-refractivity contribution is 6.39. The third kappa shape index (κ3) is 6.39. The minimum atomic E-state index is -0.692. The Hall–Kier alpha value is -2.84. The van der Waals surface area contributed by atoms with Gasteiger partial charge in [0.05, 0.1) is 22.9 Å². The lowest BCUT2D eigenvalue weighted by molar-refractivity contribution is -0.146. The molecule has 0 unspecified atom stereocenters. The molecule has 1 fully saturated rings. The summed E-state index contributed by atoms with van der Waals surface area (Å²) in [7, 11) is 3.96. The molecule has 2 heterocycles. The minimum Gasteiger partial charge on any atom is -0.491 e. The van der Waals surface area contributed by atoms with Gasteiger partial charge in [-0.1, -0.05) is 31.5 Å². The number of pyridine rings is 1. The maximum Gasteiger partial charge on any atom is 0.313 e. The number of carbonyl (C=O) groups is 2. The van der Waals surface area contributed by atoms with Gasteiger partial charge in [0.1, 0.15) is 18.2 Å². The van der Waals surface area contributed by atoms with Crippen LogP contribution < -0.4 is 15.8 Å². The smallest absolute Gasteiger partial charge is 0.313 e. The zero-order valence-corrected chi connectivity index (χ0v) is 21.1. The van der Waals surface area contributed by atoms with E-state index in [2.05, 4.69) is 17.2 Å². The zero-order valence-electron chi connectivity index (χ0n) is 20.3. The van der Waals surface area contributed by atoms with Gasteiger partial charge in [-0.2, -0.15) is 0 Å². The molecule has 0 saturated carbocycles. The number of nitrogens with two attached hydrogens (primary N) is 1. The average Bonchev–Trinajstić information content (AvgIpc) is 2.80. The van der Waals surface area contributed by atoms with Gasteiger partial charge in [-0.25, -0.2) is 4.98 Å². The van der Waals surface area contributed by atoms with Gasteiger partial charge in [0.25, 0.3) is 0 Å². The number of amides is 2. The van der Waals surface area contributed by atoms with Crippen molar-refractivity contribution >= 4 is 34.9 Å². The molecule has 34 heavy (non-hydrogen) atoms. The Balaban J connectivity index is 1.75. The minimum absolute atomic E-state index is 0.237. The lowest BCUT2D eigenvalue weighted by atomic mass is 9.89. The van der Waals surface area contributed by atoms with E-state index in [1.54, 1.807) is 11.0 Å². The number of ether oxygens (including phenoxy) is 1. The number of halogens is 1. The molecule has 8 nitrogen and oxygen atoms in total. The standard InChI is InChI=1S/C25H34ClN5O3/c1-5-17-12-19(14-28-23(17)27)29-24(32)25(33)31-15-16(2)6-8-21(31)18-7-9-22(20(26)13-18)34-11-10-30(3)4/h7,9,12-14,16,21H,5-6,8,10-11,15H2,1-4H3,(H2,27,28)(H,29,32)/t16-,21+/m0/s1. The number of likely N-dealkylation sites (N-methyl/N-ethyl adjacent to an activating group) is 1. The molecule has 3 N–H and O–H groups in total. The molecule has 1 aromatic carbocycles. The fourth-order valence-electron chi connectivity index (χ4n) is 4.09. The third-order valence-corrected chi connectivity index (χ3v) is 6.34. The lowest BCUT2D eigenvalue weighted by Gasteiger charge is -2.38.